The first-order valence-corrected chi connectivity index (χ1v) is 12.5. The van der Waals surface area contributed by atoms with Gasteiger partial charge in [0.25, 0.3) is 0 Å². The Bertz CT molecular complexity index is 1150. The van der Waals surface area contributed by atoms with E-state index < -0.39 is 5.41 Å². The van der Waals surface area contributed by atoms with Gasteiger partial charge in [-0.3, -0.25) is 4.79 Å². The van der Waals surface area contributed by atoms with Gasteiger partial charge in [-0.15, -0.1) is 0 Å². The number of hydrogen-bond acceptors (Lipinski definition) is 3. The molecule has 3 amide bonds. The molecule has 0 unspecified atom stereocenters. The van der Waals surface area contributed by atoms with Gasteiger partial charge in [0.1, 0.15) is 12.4 Å². The van der Waals surface area contributed by atoms with Crippen molar-refractivity contribution >= 4 is 23.3 Å². The molecule has 3 aromatic rings. The van der Waals surface area contributed by atoms with Crippen molar-refractivity contribution in [2.45, 2.75) is 40.2 Å². The normalized spacial score (nSPS) is 14.7. The largest absolute Gasteiger partial charge is 0.490 e. The monoisotopic (exact) mass is 485 g/mol. The smallest absolute Gasteiger partial charge is 0.319 e. The summed E-state index contributed by atoms with van der Waals surface area (Å²) in [6.45, 7) is 9.01. The first kappa shape index (κ1) is 25.3. The SMILES string of the molecule is CC(C)CCN1C(=O)C(C)(C)COc2cc(NC(=O)NC(c3ccccc3)c3ccccc3)ccc21. The van der Waals surface area contributed by atoms with E-state index in [-0.39, 0.29) is 24.6 Å². The third-order valence-corrected chi connectivity index (χ3v) is 6.39. The standard InChI is InChI=1S/C30H35N3O3/c1-21(2)17-18-33-25-16-15-24(19-26(25)36-20-30(3,4)28(33)34)31-29(35)32-27(22-11-7-5-8-12-22)23-13-9-6-10-14-23/h5-16,19,21,27H,17-18,20H2,1-4H3,(H2,31,32,35). The molecule has 6 heteroatoms. The van der Waals surface area contributed by atoms with Gasteiger partial charge in [0.2, 0.25) is 5.91 Å². The molecule has 3 aromatic carbocycles. The zero-order valence-corrected chi connectivity index (χ0v) is 21.5. The van der Waals surface area contributed by atoms with E-state index in [2.05, 4.69) is 24.5 Å². The van der Waals surface area contributed by atoms with Crippen LogP contribution in [-0.4, -0.2) is 25.1 Å². The highest BCUT2D eigenvalue weighted by Crippen LogP contribution is 2.38. The van der Waals surface area contributed by atoms with E-state index in [4.69, 9.17) is 4.74 Å². The molecule has 0 atom stereocenters. The number of hydrogen-bond donors (Lipinski definition) is 2. The second-order valence-corrected chi connectivity index (χ2v) is 10.3. The molecule has 4 rings (SSSR count). The number of urea groups is 1. The quantitative estimate of drug-likeness (QED) is 0.407. The van der Waals surface area contributed by atoms with Crippen LogP contribution in [0.2, 0.25) is 0 Å². The Balaban J connectivity index is 1.55. The number of benzene rings is 3. The highest BCUT2D eigenvalue weighted by molar-refractivity contribution is 6.00. The molecule has 0 spiro atoms. The van der Waals surface area contributed by atoms with Crippen LogP contribution < -0.4 is 20.3 Å². The van der Waals surface area contributed by atoms with Crippen molar-refractivity contribution in [1.29, 1.82) is 0 Å². The maximum atomic E-state index is 13.3. The summed E-state index contributed by atoms with van der Waals surface area (Å²) in [6, 6.07) is 24.6. The second-order valence-electron chi connectivity index (χ2n) is 10.3. The Morgan fingerprint density at radius 1 is 0.972 bits per heavy atom. The Labute approximate surface area is 213 Å². The van der Waals surface area contributed by atoms with Crippen LogP contribution in [0.15, 0.2) is 78.9 Å². The van der Waals surface area contributed by atoms with Crippen LogP contribution in [0.3, 0.4) is 0 Å². The van der Waals surface area contributed by atoms with E-state index >= 15 is 0 Å². The van der Waals surface area contributed by atoms with Crippen LogP contribution in [0.4, 0.5) is 16.2 Å². The summed E-state index contributed by atoms with van der Waals surface area (Å²) in [5.41, 5.74) is 2.68. The number of carbonyl (C=O) groups excluding carboxylic acids is 2. The topological polar surface area (TPSA) is 70.7 Å². The lowest BCUT2D eigenvalue weighted by Gasteiger charge is -2.28. The summed E-state index contributed by atoms with van der Waals surface area (Å²) in [5.74, 6) is 1.12. The van der Waals surface area contributed by atoms with Gasteiger partial charge in [0.05, 0.1) is 17.1 Å². The molecule has 0 saturated carbocycles. The molecule has 36 heavy (non-hydrogen) atoms. The number of fused-ring (bicyclic) bond motifs is 1. The van der Waals surface area contributed by atoms with Crippen LogP contribution in [-0.2, 0) is 4.79 Å². The van der Waals surface area contributed by atoms with Crippen molar-refractivity contribution in [3.8, 4) is 5.75 Å². The summed E-state index contributed by atoms with van der Waals surface area (Å²) >= 11 is 0. The zero-order chi connectivity index (χ0) is 25.7. The maximum Gasteiger partial charge on any atom is 0.319 e. The fourth-order valence-electron chi connectivity index (χ4n) is 4.28. The van der Waals surface area contributed by atoms with E-state index in [1.54, 1.807) is 6.07 Å². The predicted molar refractivity (Wildman–Crippen MR) is 144 cm³/mol. The summed E-state index contributed by atoms with van der Waals surface area (Å²) in [7, 11) is 0. The number of ether oxygens (including phenoxy) is 1. The van der Waals surface area contributed by atoms with Gasteiger partial charge in [0, 0.05) is 18.3 Å². The van der Waals surface area contributed by atoms with Crippen LogP contribution in [0.1, 0.15) is 51.3 Å². The van der Waals surface area contributed by atoms with Crippen molar-refractivity contribution in [1.82, 2.24) is 5.32 Å². The van der Waals surface area contributed by atoms with Gasteiger partial charge in [0.15, 0.2) is 0 Å². The van der Waals surface area contributed by atoms with Gasteiger partial charge in [-0.25, -0.2) is 4.79 Å². The van der Waals surface area contributed by atoms with E-state index in [0.29, 0.717) is 23.9 Å². The Morgan fingerprint density at radius 2 is 1.58 bits per heavy atom. The molecule has 1 aliphatic rings. The van der Waals surface area contributed by atoms with Crippen LogP contribution in [0.5, 0.6) is 5.75 Å². The Morgan fingerprint density at radius 3 is 2.17 bits per heavy atom. The third kappa shape index (κ3) is 5.88. The molecule has 1 heterocycles. The molecule has 188 valence electrons. The van der Waals surface area contributed by atoms with Crippen molar-refractivity contribution in [2.75, 3.05) is 23.4 Å². The van der Waals surface area contributed by atoms with Crippen molar-refractivity contribution in [2.24, 2.45) is 11.3 Å². The molecule has 0 bridgehead atoms. The highest BCUT2D eigenvalue weighted by Gasteiger charge is 2.37. The summed E-state index contributed by atoms with van der Waals surface area (Å²) in [6.07, 6.45) is 0.893. The highest BCUT2D eigenvalue weighted by atomic mass is 16.5. The molecule has 0 fully saturated rings. The molecule has 6 nitrogen and oxygen atoms in total. The number of nitrogens with zero attached hydrogens (tertiary/aromatic N) is 1. The van der Waals surface area contributed by atoms with E-state index in [1.807, 2.05) is 91.5 Å². The van der Waals surface area contributed by atoms with Gasteiger partial charge >= 0.3 is 6.03 Å². The first-order chi connectivity index (χ1) is 17.2. The number of nitrogens with one attached hydrogen (secondary N) is 2. The Hall–Kier alpha value is -3.80. The van der Waals surface area contributed by atoms with E-state index in [1.165, 1.54) is 0 Å². The molecular weight excluding hydrogens is 450 g/mol. The number of anilines is 2. The minimum atomic E-state index is -0.639. The van der Waals surface area contributed by atoms with Gasteiger partial charge in [-0.2, -0.15) is 0 Å². The summed E-state index contributed by atoms with van der Waals surface area (Å²) in [5, 5.41) is 6.04. The minimum absolute atomic E-state index is 0.0499. The average molecular weight is 486 g/mol. The van der Waals surface area contributed by atoms with Gasteiger partial charge in [-0.05, 0) is 49.4 Å². The number of amides is 3. The fourth-order valence-corrected chi connectivity index (χ4v) is 4.28. The zero-order valence-electron chi connectivity index (χ0n) is 21.5. The first-order valence-electron chi connectivity index (χ1n) is 12.5. The summed E-state index contributed by atoms with van der Waals surface area (Å²) in [4.78, 5) is 28.2. The maximum absolute atomic E-state index is 13.3. The summed E-state index contributed by atoms with van der Waals surface area (Å²) < 4.78 is 6.08. The van der Waals surface area contributed by atoms with Crippen LogP contribution in [0, 0.1) is 11.3 Å². The molecule has 0 aromatic heterocycles. The Kier molecular flexibility index (Phi) is 7.63. The third-order valence-electron chi connectivity index (χ3n) is 6.39. The lowest BCUT2D eigenvalue weighted by molar-refractivity contribution is -0.127. The molecule has 0 saturated heterocycles. The van der Waals surface area contributed by atoms with Crippen molar-refractivity contribution in [3.63, 3.8) is 0 Å². The van der Waals surface area contributed by atoms with Gasteiger partial charge in [-0.1, -0.05) is 74.5 Å². The number of carbonyl (C=O) groups is 2. The molecule has 1 aliphatic heterocycles. The minimum Gasteiger partial charge on any atom is -0.490 e. The van der Waals surface area contributed by atoms with Crippen molar-refractivity contribution in [3.05, 3.63) is 90.0 Å². The fraction of sp³-hybridized carbons (Fsp3) is 0.333. The second kappa shape index (κ2) is 10.9. The van der Waals surface area contributed by atoms with E-state index in [9.17, 15) is 9.59 Å². The van der Waals surface area contributed by atoms with Gasteiger partial charge < -0.3 is 20.3 Å². The lowest BCUT2D eigenvalue weighted by atomic mass is 9.92. The molecule has 2 N–H and O–H groups in total. The number of rotatable bonds is 7. The van der Waals surface area contributed by atoms with Crippen LogP contribution in [0.25, 0.3) is 0 Å². The van der Waals surface area contributed by atoms with Crippen LogP contribution >= 0.6 is 0 Å². The molecular formula is C30H35N3O3. The molecule has 0 aliphatic carbocycles. The molecule has 0 radical (unpaired) electrons. The lowest BCUT2D eigenvalue weighted by Crippen LogP contribution is -2.42. The van der Waals surface area contributed by atoms with E-state index in [0.717, 1.165) is 23.2 Å². The predicted octanol–water partition coefficient (Wildman–Crippen LogP) is 6.40. The average Bonchev–Trinajstić information content (AvgIpc) is 2.96. The van der Waals surface area contributed by atoms with Crippen molar-refractivity contribution < 1.29 is 14.3 Å².